The molecule has 9 heteroatoms. The van der Waals surface area contributed by atoms with E-state index in [1.165, 1.54) is 12.1 Å². The number of carbonyl (C=O) groups excluding carboxylic acids is 1. The van der Waals surface area contributed by atoms with E-state index in [9.17, 15) is 18.0 Å². The third-order valence-electron chi connectivity index (χ3n) is 6.47. The molecule has 1 heterocycles. The maximum Gasteiger partial charge on any atom is 0.416 e. The summed E-state index contributed by atoms with van der Waals surface area (Å²) in [5.74, 6) is 0.772. The molecule has 0 spiro atoms. The highest BCUT2D eigenvalue weighted by atomic mass is 19.4. The predicted octanol–water partition coefficient (Wildman–Crippen LogP) is 2.46. The van der Waals surface area contributed by atoms with Crippen LogP contribution in [0.4, 0.5) is 13.2 Å². The summed E-state index contributed by atoms with van der Waals surface area (Å²) in [6.45, 7) is 6.90. The molecule has 0 atom stereocenters. The average molecular weight is 440 g/mol. The van der Waals surface area contributed by atoms with Gasteiger partial charge in [-0.25, -0.2) is 0 Å². The summed E-state index contributed by atoms with van der Waals surface area (Å²) in [6, 6.07) is 5.71. The Hall–Kier alpha value is -2.29. The Labute approximate surface area is 181 Å². The van der Waals surface area contributed by atoms with Crippen molar-refractivity contribution in [3.05, 3.63) is 35.4 Å². The van der Waals surface area contributed by atoms with Gasteiger partial charge >= 0.3 is 6.18 Å². The zero-order valence-electron chi connectivity index (χ0n) is 18.3. The fourth-order valence-corrected chi connectivity index (χ4v) is 4.29. The van der Waals surface area contributed by atoms with Crippen LogP contribution >= 0.6 is 0 Å². The number of piperazine rings is 1. The third kappa shape index (κ3) is 5.90. The van der Waals surface area contributed by atoms with Crippen LogP contribution in [0.15, 0.2) is 29.3 Å². The predicted molar refractivity (Wildman–Crippen MR) is 115 cm³/mol. The number of alkyl halides is 3. The van der Waals surface area contributed by atoms with Crippen molar-refractivity contribution >= 4 is 11.9 Å². The van der Waals surface area contributed by atoms with E-state index in [2.05, 4.69) is 20.5 Å². The number of aliphatic imine (C=N–C) groups is 1. The molecule has 0 unspecified atom stereocenters. The Bertz CT molecular complexity index is 784. The molecular weight excluding hydrogens is 407 g/mol. The summed E-state index contributed by atoms with van der Waals surface area (Å²) in [6.07, 6.45) is -1.60. The van der Waals surface area contributed by atoms with Crippen molar-refractivity contribution in [2.24, 2.45) is 4.99 Å². The van der Waals surface area contributed by atoms with Gasteiger partial charge in [-0.2, -0.15) is 13.2 Å². The lowest BCUT2D eigenvalue weighted by atomic mass is 9.64. The van der Waals surface area contributed by atoms with E-state index >= 15 is 0 Å². The van der Waals surface area contributed by atoms with Gasteiger partial charge in [-0.05, 0) is 24.5 Å². The van der Waals surface area contributed by atoms with E-state index in [4.69, 9.17) is 0 Å². The molecule has 1 aliphatic carbocycles. The van der Waals surface area contributed by atoms with E-state index in [-0.39, 0.29) is 11.3 Å². The molecule has 1 saturated heterocycles. The van der Waals surface area contributed by atoms with Crippen molar-refractivity contribution in [1.82, 2.24) is 20.4 Å². The number of carbonyl (C=O) groups is 1. The molecule has 1 aromatic carbocycles. The maximum absolute atomic E-state index is 13.1. The van der Waals surface area contributed by atoms with E-state index in [1.54, 1.807) is 20.0 Å². The number of nitrogens with zero attached hydrogens (tertiary/aromatic N) is 3. The first kappa shape index (κ1) is 23.4. The van der Waals surface area contributed by atoms with Crippen LogP contribution in [0.1, 0.15) is 37.3 Å². The van der Waals surface area contributed by atoms with Gasteiger partial charge in [0.1, 0.15) is 0 Å². The second-order valence-electron chi connectivity index (χ2n) is 8.41. The molecule has 1 aliphatic heterocycles. The molecule has 0 radical (unpaired) electrons. The second-order valence-corrected chi connectivity index (χ2v) is 8.41. The minimum absolute atomic E-state index is 0.119. The number of rotatable bonds is 6. The minimum atomic E-state index is -4.33. The molecule has 1 saturated carbocycles. The topological polar surface area (TPSA) is 60.0 Å². The number of amides is 1. The quantitative estimate of drug-likeness (QED) is 0.528. The first-order valence-corrected chi connectivity index (χ1v) is 10.8. The molecular formula is C22H32F3N5O. The zero-order chi connectivity index (χ0) is 22.5. The first-order chi connectivity index (χ1) is 14.7. The number of guanidine groups is 1. The van der Waals surface area contributed by atoms with Crippen LogP contribution in [0.5, 0.6) is 0 Å². The highest BCUT2D eigenvalue weighted by Crippen LogP contribution is 2.44. The number of nitrogens with one attached hydrogen (secondary N) is 2. The molecule has 2 aliphatic rings. The zero-order valence-corrected chi connectivity index (χ0v) is 18.3. The third-order valence-corrected chi connectivity index (χ3v) is 6.47. The summed E-state index contributed by atoms with van der Waals surface area (Å²) in [7, 11) is 1.69. The summed E-state index contributed by atoms with van der Waals surface area (Å²) in [4.78, 5) is 19.8. The monoisotopic (exact) mass is 439 g/mol. The summed E-state index contributed by atoms with van der Waals surface area (Å²) in [5.41, 5.74) is -0.148. The van der Waals surface area contributed by atoms with Gasteiger partial charge in [0.2, 0.25) is 5.91 Å². The smallest absolute Gasteiger partial charge is 0.356 e. The molecule has 0 aromatic heterocycles. The Kier molecular flexibility index (Phi) is 7.46. The van der Waals surface area contributed by atoms with Crippen LogP contribution in [-0.2, 0) is 16.4 Å². The molecule has 2 N–H and O–H groups in total. The molecule has 1 aromatic rings. The van der Waals surface area contributed by atoms with E-state index in [0.29, 0.717) is 19.0 Å². The lowest BCUT2D eigenvalue weighted by Crippen LogP contribution is -2.52. The Morgan fingerprint density at radius 2 is 1.87 bits per heavy atom. The fourth-order valence-electron chi connectivity index (χ4n) is 4.29. The number of halogens is 3. The van der Waals surface area contributed by atoms with Gasteiger partial charge in [0.05, 0.1) is 5.56 Å². The fraction of sp³-hybridized carbons (Fsp3) is 0.636. The maximum atomic E-state index is 13.1. The molecule has 3 rings (SSSR count). The van der Waals surface area contributed by atoms with E-state index in [0.717, 1.165) is 63.6 Å². The van der Waals surface area contributed by atoms with Gasteiger partial charge in [-0.15, -0.1) is 0 Å². The van der Waals surface area contributed by atoms with Crippen LogP contribution in [0.2, 0.25) is 0 Å². The lowest BCUT2D eigenvalue weighted by Gasteiger charge is -2.43. The Morgan fingerprint density at radius 1 is 1.16 bits per heavy atom. The minimum Gasteiger partial charge on any atom is -0.356 e. The normalized spacial score (nSPS) is 19.6. The SMILES string of the molecule is CN=C(NCCN1CCN(C(C)=O)CC1)NCC1(c2cccc(C(F)(F)F)c2)CCC1. The standard InChI is InChI=1S/C22H32F3N5O/c1-17(31)30-13-11-29(12-14-30)10-9-27-20(26-2)28-16-21(7-4-8-21)18-5-3-6-19(15-18)22(23,24)25/h3,5-6,15H,4,7-14,16H2,1-2H3,(H2,26,27,28). The van der Waals surface area contributed by atoms with E-state index in [1.807, 2.05) is 4.90 Å². The van der Waals surface area contributed by atoms with Crippen molar-refractivity contribution in [3.8, 4) is 0 Å². The van der Waals surface area contributed by atoms with Crippen molar-refractivity contribution < 1.29 is 18.0 Å². The van der Waals surface area contributed by atoms with Crippen molar-refractivity contribution in [1.29, 1.82) is 0 Å². The van der Waals surface area contributed by atoms with Gasteiger partial charge < -0.3 is 15.5 Å². The highest BCUT2D eigenvalue weighted by Gasteiger charge is 2.40. The summed E-state index contributed by atoms with van der Waals surface area (Å²) < 4.78 is 39.4. The summed E-state index contributed by atoms with van der Waals surface area (Å²) >= 11 is 0. The van der Waals surface area contributed by atoms with Crippen LogP contribution in [-0.4, -0.2) is 74.5 Å². The van der Waals surface area contributed by atoms with Crippen LogP contribution in [0.3, 0.4) is 0 Å². The number of hydrogen-bond donors (Lipinski definition) is 2. The van der Waals surface area contributed by atoms with Gasteiger partial charge in [0, 0.05) is 65.2 Å². The van der Waals surface area contributed by atoms with Gasteiger partial charge in [0.15, 0.2) is 5.96 Å². The molecule has 1 amide bonds. The van der Waals surface area contributed by atoms with Gasteiger partial charge in [-0.3, -0.25) is 14.7 Å². The molecule has 0 bridgehead atoms. The lowest BCUT2D eigenvalue weighted by molar-refractivity contribution is -0.137. The number of hydrogen-bond acceptors (Lipinski definition) is 3. The summed E-state index contributed by atoms with van der Waals surface area (Å²) in [5, 5.41) is 6.61. The Balaban J connectivity index is 1.49. The highest BCUT2D eigenvalue weighted by molar-refractivity contribution is 5.79. The first-order valence-electron chi connectivity index (χ1n) is 10.8. The van der Waals surface area contributed by atoms with Crippen LogP contribution < -0.4 is 10.6 Å². The molecule has 2 fully saturated rings. The second kappa shape index (κ2) is 9.89. The Morgan fingerprint density at radius 3 is 2.42 bits per heavy atom. The van der Waals surface area contributed by atoms with Gasteiger partial charge in [0.25, 0.3) is 0 Å². The average Bonchev–Trinajstić information content (AvgIpc) is 2.71. The molecule has 31 heavy (non-hydrogen) atoms. The largest absolute Gasteiger partial charge is 0.416 e. The van der Waals surface area contributed by atoms with Crippen LogP contribution in [0.25, 0.3) is 0 Å². The van der Waals surface area contributed by atoms with Crippen molar-refractivity contribution in [2.45, 2.75) is 37.8 Å². The number of benzene rings is 1. The van der Waals surface area contributed by atoms with Crippen LogP contribution in [0, 0.1) is 0 Å². The van der Waals surface area contributed by atoms with Crippen molar-refractivity contribution in [2.75, 3.05) is 52.9 Å². The molecule has 172 valence electrons. The molecule has 6 nitrogen and oxygen atoms in total. The van der Waals surface area contributed by atoms with Crippen molar-refractivity contribution in [3.63, 3.8) is 0 Å². The van der Waals surface area contributed by atoms with Gasteiger partial charge in [-0.1, -0.05) is 24.6 Å². The van der Waals surface area contributed by atoms with E-state index < -0.39 is 11.7 Å².